The average molecular weight is 428 g/mol. The molecule has 6 heteroatoms. The van der Waals surface area contributed by atoms with Crippen molar-refractivity contribution in [3.05, 3.63) is 88.7 Å². The van der Waals surface area contributed by atoms with E-state index in [1.54, 1.807) is 24.3 Å². The van der Waals surface area contributed by atoms with Gasteiger partial charge in [-0.25, -0.2) is 0 Å². The zero-order valence-electron chi connectivity index (χ0n) is 17.9. The lowest BCUT2D eigenvalue weighted by Gasteiger charge is -2.06. The SMILES string of the molecule is Cc1ccc(C(=O)c2oc3cc(-c4cccc(C(=O)NCCO)c4)ccc3c2N)c(C)c1. The number of carbonyl (C=O) groups excluding carboxylic acids is 2. The Morgan fingerprint density at radius 2 is 1.78 bits per heavy atom. The Morgan fingerprint density at radius 1 is 1.00 bits per heavy atom. The molecule has 6 nitrogen and oxygen atoms in total. The van der Waals surface area contributed by atoms with E-state index in [1.165, 1.54) is 0 Å². The zero-order valence-corrected chi connectivity index (χ0v) is 17.9. The first-order valence-corrected chi connectivity index (χ1v) is 10.3. The number of nitrogens with one attached hydrogen (secondary N) is 1. The smallest absolute Gasteiger partial charge is 0.251 e. The number of carbonyl (C=O) groups is 2. The number of ketones is 1. The third-order valence-electron chi connectivity index (χ3n) is 5.42. The van der Waals surface area contributed by atoms with Crippen molar-refractivity contribution < 1.29 is 19.1 Å². The average Bonchev–Trinajstić information content (AvgIpc) is 3.13. The van der Waals surface area contributed by atoms with Gasteiger partial charge in [0.2, 0.25) is 5.78 Å². The minimum atomic E-state index is -0.259. The maximum Gasteiger partial charge on any atom is 0.251 e. The fourth-order valence-corrected chi connectivity index (χ4v) is 3.77. The van der Waals surface area contributed by atoms with Gasteiger partial charge in [0.05, 0.1) is 12.3 Å². The Bertz CT molecular complexity index is 1340. The summed E-state index contributed by atoms with van der Waals surface area (Å²) in [6, 6.07) is 18.3. The molecule has 4 N–H and O–H groups in total. The fraction of sp³-hybridized carbons (Fsp3) is 0.154. The number of furan rings is 1. The monoisotopic (exact) mass is 428 g/mol. The van der Waals surface area contributed by atoms with E-state index in [0.717, 1.165) is 22.3 Å². The van der Waals surface area contributed by atoms with E-state index in [1.807, 2.05) is 50.2 Å². The van der Waals surface area contributed by atoms with Gasteiger partial charge in [0.25, 0.3) is 5.91 Å². The number of fused-ring (bicyclic) bond motifs is 1. The van der Waals surface area contributed by atoms with Crippen LogP contribution in [-0.2, 0) is 0 Å². The number of aliphatic hydroxyl groups is 1. The number of benzene rings is 3. The van der Waals surface area contributed by atoms with E-state index in [9.17, 15) is 9.59 Å². The van der Waals surface area contributed by atoms with Gasteiger partial charge < -0.3 is 20.6 Å². The van der Waals surface area contributed by atoms with Crippen LogP contribution in [0.3, 0.4) is 0 Å². The van der Waals surface area contributed by atoms with Crippen LogP contribution >= 0.6 is 0 Å². The van der Waals surface area contributed by atoms with Crippen LogP contribution in [0.15, 0.2) is 65.1 Å². The molecule has 0 atom stereocenters. The molecule has 4 rings (SSSR count). The summed E-state index contributed by atoms with van der Waals surface area (Å²) in [5, 5.41) is 12.2. The highest BCUT2D eigenvalue weighted by molar-refractivity contribution is 6.15. The molecular weight excluding hydrogens is 404 g/mol. The predicted molar refractivity (Wildman–Crippen MR) is 125 cm³/mol. The number of nitrogen functional groups attached to an aromatic ring is 1. The molecule has 1 heterocycles. The van der Waals surface area contributed by atoms with Crippen LogP contribution in [0.1, 0.15) is 37.6 Å². The van der Waals surface area contributed by atoms with Crippen LogP contribution in [0.25, 0.3) is 22.1 Å². The lowest BCUT2D eigenvalue weighted by atomic mass is 9.99. The number of amides is 1. The Kier molecular flexibility index (Phi) is 5.79. The summed E-state index contributed by atoms with van der Waals surface area (Å²) in [5.41, 5.74) is 11.7. The first-order valence-electron chi connectivity index (χ1n) is 10.3. The van der Waals surface area contributed by atoms with Gasteiger partial charge in [0.1, 0.15) is 5.58 Å². The van der Waals surface area contributed by atoms with E-state index in [0.29, 0.717) is 27.8 Å². The quantitative estimate of drug-likeness (QED) is 0.398. The molecule has 0 aliphatic rings. The molecule has 0 radical (unpaired) electrons. The summed E-state index contributed by atoms with van der Waals surface area (Å²) in [4.78, 5) is 25.3. The maximum absolute atomic E-state index is 13.1. The minimum absolute atomic E-state index is 0.120. The van der Waals surface area contributed by atoms with Crippen LogP contribution in [0.5, 0.6) is 0 Å². The molecule has 32 heavy (non-hydrogen) atoms. The van der Waals surface area contributed by atoms with Gasteiger partial charge in [0, 0.05) is 23.1 Å². The Labute approximate surface area is 185 Å². The predicted octanol–water partition coefficient (Wildman–Crippen LogP) is 4.25. The van der Waals surface area contributed by atoms with Crippen molar-refractivity contribution in [2.75, 3.05) is 18.9 Å². The number of rotatable bonds is 6. The van der Waals surface area contributed by atoms with Crippen molar-refractivity contribution in [3.63, 3.8) is 0 Å². The van der Waals surface area contributed by atoms with Crippen molar-refractivity contribution in [1.82, 2.24) is 5.32 Å². The van der Waals surface area contributed by atoms with E-state index in [4.69, 9.17) is 15.3 Å². The summed E-state index contributed by atoms with van der Waals surface area (Å²) < 4.78 is 5.91. The highest BCUT2D eigenvalue weighted by Crippen LogP contribution is 2.34. The van der Waals surface area contributed by atoms with E-state index < -0.39 is 0 Å². The lowest BCUT2D eigenvalue weighted by molar-refractivity contribution is 0.0944. The van der Waals surface area contributed by atoms with E-state index in [-0.39, 0.29) is 30.6 Å². The standard InChI is InChI=1S/C26H24N2O4/c1-15-6-8-20(16(2)12-15)24(30)25-23(27)21-9-7-18(14-22(21)32-25)17-4-3-5-19(13-17)26(31)28-10-11-29/h3-9,12-14,29H,10-11,27H2,1-2H3,(H,28,31). The van der Waals surface area contributed by atoms with Crippen LogP contribution in [0, 0.1) is 13.8 Å². The summed E-state index contributed by atoms with van der Waals surface area (Å²) in [5.74, 6) is -0.382. The number of aliphatic hydroxyl groups excluding tert-OH is 1. The molecular formula is C26H24N2O4. The molecule has 4 aromatic rings. The molecule has 0 bridgehead atoms. The zero-order chi connectivity index (χ0) is 22.8. The van der Waals surface area contributed by atoms with E-state index >= 15 is 0 Å². The normalized spacial score (nSPS) is 11.0. The molecule has 0 aliphatic carbocycles. The number of nitrogens with two attached hydrogens (primary N) is 1. The number of aryl methyl sites for hydroxylation is 2. The highest BCUT2D eigenvalue weighted by atomic mass is 16.3. The first-order chi connectivity index (χ1) is 15.4. The van der Waals surface area contributed by atoms with Crippen molar-refractivity contribution >= 4 is 28.3 Å². The molecule has 1 aromatic heterocycles. The first kappa shape index (κ1) is 21.3. The second-order valence-electron chi connectivity index (χ2n) is 7.76. The van der Waals surface area contributed by atoms with Crippen molar-refractivity contribution in [2.45, 2.75) is 13.8 Å². The third-order valence-corrected chi connectivity index (χ3v) is 5.42. The summed E-state index contributed by atoms with van der Waals surface area (Å²) >= 11 is 0. The molecule has 3 aromatic carbocycles. The molecule has 1 amide bonds. The lowest BCUT2D eigenvalue weighted by Crippen LogP contribution is -2.26. The van der Waals surface area contributed by atoms with Crippen LogP contribution < -0.4 is 11.1 Å². The summed E-state index contributed by atoms with van der Waals surface area (Å²) in [7, 11) is 0. The molecule has 0 saturated carbocycles. The Hall–Kier alpha value is -3.90. The van der Waals surface area contributed by atoms with Crippen LogP contribution in [-0.4, -0.2) is 29.9 Å². The fourth-order valence-electron chi connectivity index (χ4n) is 3.77. The van der Waals surface area contributed by atoms with Crippen molar-refractivity contribution in [1.29, 1.82) is 0 Å². The van der Waals surface area contributed by atoms with Crippen LogP contribution in [0.4, 0.5) is 5.69 Å². The molecule has 162 valence electrons. The topological polar surface area (TPSA) is 106 Å². The third kappa shape index (κ3) is 4.00. The van der Waals surface area contributed by atoms with Gasteiger partial charge in [-0.15, -0.1) is 0 Å². The number of anilines is 1. The van der Waals surface area contributed by atoms with E-state index in [2.05, 4.69) is 5.32 Å². The second-order valence-corrected chi connectivity index (χ2v) is 7.76. The molecule has 0 spiro atoms. The Balaban J connectivity index is 1.70. The number of hydrogen-bond acceptors (Lipinski definition) is 5. The second kappa shape index (κ2) is 8.69. The molecule has 0 unspecified atom stereocenters. The van der Waals surface area contributed by atoms with Gasteiger partial charge >= 0.3 is 0 Å². The molecule has 0 fully saturated rings. The summed E-state index contributed by atoms with van der Waals surface area (Å²) in [6.45, 7) is 3.94. The van der Waals surface area contributed by atoms with Gasteiger partial charge in [-0.05, 0) is 54.8 Å². The van der Waals surface area contributed by atoms with Crippen molar-refractivity contribution in [2.24, 2.45) is 0 Å². The highest BCUT2D eigenvalue weighted by Gasteiger charge is 2.22. The largest absolute Gasteiger partial charge is 0.450 e. The van der Waals surface area contributed by atoms with Gasteiger partial charge in [-0.2, -0.15) is 0 Å². The number of hydrogen-bond donors (Lipinski definition) is 3. The maximum atomic E-state index is 13.1. The molecule has 0 saturated heterocycles. The van der Waals surface area contributed by atoms with Gasteiger partial charge in [-0.1, -0.05) is 42.0 Å². The Morgan fingerprint density at radius 3 is 2.53 bits per heavy atom. The van der Waals surface area contributed by atoms with Gasteiger partial charge in [0.15, 0.2) is 5.76 Å². The molecule has 0 aliphatic heterocycles. The minimum Gasteiger partial charge on any atom is -0.450 e. The van der Waals surface area contributed by atoms with Gasteiger partial charge in [-0.3, -0.25) is 9.59 Å². The summed E-state index contributed by atoms with van der Waals surface area (Å²) in [6.07, 6.45) is 0. The van der Waals surface area contributed by atoms with Crippen LogP contribution in [0.2, 0.25) is 0 Å². The van der Waals surface area contributed by atoms with Crippen molar-refractivity contribution in [3.8, 4) is 11.1 Å².